The van der Waals surface area contributed by atoms with Crippen LogP contribution in [-0.4, -0.2) is 36.3 Å². The maximum atomic E-state index is 12.7. The Morgan fingerprint density at radius 2 is 1.77 bits per heavy atom. The first-order valence-electron chi connectivity index (χ1n) is 10.0. The highest BCUT2D eigenvalue weighted by Crippen LogP contribution is 2.39. The van der Waals surface area contributed by atoms with Gasteiger partial charge in [-0.05, 0) is 25.0 Å². The third kappa shape index (κ3) is 4.17. The molecule has 1 amide bonds. The predicted molar refractivity (Wildman–Crippen MR) is 121 cm³/mol. The summed E-state index contributed by atoms with van der Waals surface area (Å²) < 4.78 is 3.23. The first-order valence-corrected chi connectivity index (χ1v) is 11.0. The van der Waals surface area contributed by atoms with E-state index in [2.05, 4.69) is 15.5 Å². The number of benzene rings is 2. The number of hydrogen-bond acceptors (Lipinski definition) is 6. The highest BCUT2D eigenvalue weighted by atomic mass is 32.2. The fourth-order valence-corrected chi connectivity index (χ4v) is 3.97. The van der Waals surface area contributed by atoms with Crippen molar-refractivity contribution < 1.29 is 4.79 Å². The van der Waals surface area contributed by atoms with Crippen LogP contribution in [0.3, 0.4) is 0 Å². The minimum absolute atomic E-state index is 0.167. The quantitative estimate of drug-likeness (QED) is 0.343. The zero-order valence-corrected chi connectivity index (χ0v) is 17.5. The molecule has 3 N–H and O–H groups in total. The van der Waals surface area contributed by atoms with Crippen molar-refractivity contribution in [2.24, 2.45) is 0 Å². The Labute approximate surface area is 183 Å². The van der Waals surface area contributed by atoms with E-state index < -0.39 is 0 Å². The molecule has 0 unspecified atom stereocenters. The summed E-state index contributed by atoms with van der Waals surface area (Å²) >= 11 is 1.27. The number of anilines is 1. The number of nitrogens with two attached hydrogens (primary N) is 1. The monoisotopic (exact) mass is 431 g/mol. The first-order chi connectivity index (χ1) is 15.2. The van der Waals surface area contributed by atoms with Crippen molar-refractivity contribution in [2.75, 3.05) is 16.9 Å². The van der Waals surface area contributed by atoms with Gasteiger partial charge in [0, 0.05) is 17.5 Å². The Hall–Kier alpha value is -3.59. The van der Waals surface area contributed by atoms with Crippen LogP contribution in [0.4, 0.5) is 5.82 Å². The Bertz CT molecular complexity index is 1200. The summed E-state index contributed by atoms with van der Waals surface area (Å²) in [5.74, 6) is 7.86. The van der Waals surface area contributed by atoms with Crippen LogP contribution in [0.2, 0.25) is 0 Å². The van der Waals surface area contributed by atoms with Gasteiger partial charge in [0.1, 0.15) is 5.82 Å². The zero-order chi connectivity index (χ0) is 21.2. The molecule has 2 heterocycles. The molecule has 0 aliphatic heterocycles. The van der Waals surface area contributed by atoms with Gasteiger partial charge >= 0.3 is 0 Å². The molecule has 2 aromatic carbocycles. The highest BCUT2D eigenvalue weighted by molar-refractivity contribution is 7.99. The van der Waals surface area contributed by atoms with E-state index in [0.29, 0.717) is 16.9 Å². The van der Waals surface area contributed by atoms with E-state index in [-0.39, 0.29) is 11.7 Å². The largest absolute Gasteiger partial charge is 0.336 e. The van der Waals surface area contributed by atoms with Crippen molar-refractivity contribution in [3.05, 3.63) is 72.6 Å². The van der Waals surface area contributed by atoms with Gasteiger partial charge in [0.05, 0.1) is 17.1 Å². The number of hydrogen-bond donors (Lipinski definition) is 2. The number of thioether (sulfide) groups is 1. The van der Waals surface area contributed by atoms with Crippen LogP contribution in [0.15, 0.2) is 71.9 Å². The molecule has 1 saturated carbocycles. The highest BCUT2D eigenvalue weighted by Gasteiger charge is 2.30. The molecule has 9 heteroatoms. The molecule has 1 aliphatic carbocycles. The van der Waals surface area contributed by atoms with Crippen molar-refractivity contribution in [2.45, 2.75) is 23.9 Å². The number of carbonyl (C=O) groups is 1. The number of carbonyl (C=O) groups excluding carboxylic acids is 1. The fraction of sp³-hybridized carbons (Fsp3) is 0.182. The summed E-state index contributed by atoms with van der Waals surface area (Å²) in [6.45, 7) is 0. The average molecular weight is 432 g/mol. The second-order valence-electron chi connectivity index (χ2n) is 7.35. The molecule has 5 rings (SSSR count). The molecule has 31 heavy (non-hydrogen) atoms. The Morgan fingerprint density at radius 1 is 1.06 bits per heavy atom. The smallest absolute Gasteiger partial charge is 0.236 e. The summed E-state index contributed by atoms with van der Waals surface area (Å²) in [6, 6.07) is 21.5. The van der Waals surface area contributed by atoms with E-state index in [1.807, 2.05) is 66.7 Å². The standard InChI is InChI=1S/C22H21N7OS/c23-28-21(16-11-12-16)25-26-22(28)31-14-20(30)24-19-13-18(15-7-3-1-4-8-15)27-29(19)17-9-5-2-6-10-17/h1-10,13,16H,11-12,14,23H2,(H,24,30). The van der Waals surface area contributed by atoms with Gasteiger partial charge in [0.15, 0.2) is 5.82 Å². The Kier molecular flexibility index (Phi) is 5.17. The van der Waals surface area contributed by atoms with Crippen LogP contribution >= 0.6 is 11.8 Å². The van der Waals surface area contributed by atoms with Crippen LogP contribution in [-0.2, 0) is 4.79 Å². The summed E-state index contributed by atoms with van der Waals surface area (Å²) in [7, 11) is 0. The maximum Gasteiger partial charge on any atom is 0.236 e. The van der Waals surface area contributed by atoms with Crippen molar-refractivity contribution >= 4 is 23.5 Å². The summed E-state index contributed by atoms with van der Waals surface area (Å²) in [5, 5.41) is 16.5. The van der Waals surface area contributed by atoms with Crippen LogP contribution in [0, 0.1) is 0 Å². The van der Waals surface area contributed by atoms with Gasteiger partial charge in [-0.3, -0.25) is 4.79 Å². The Balaban J connectivity index is 1.35. The molecule has 1 aliphatic rings. The third-order valence-corrected chi connectivity index (χ3v) is 5.96. The summed E-state index contributed by atoms with van der Waals surface area (Å²) in [6.07, 6.45) is 2.18. The third-order valence-electron chi connectivity index (χ3n) is 5.01. The molecular formula is C22H21N7OS. The second-order valence-corrected chi connectivity index (χ2v) is 8.29. The molecule has 0 spiro atoms. The molecule has 0 atom stereocenters. The van der Waals surface area contributed by atoms with E-state index in [4.69, 9.17) is 10.9 Å². The van der Waals surface area contributed by atoms with Crippen molar-refractivity contribution in [1.82, 2.24) is 24.7 Å². The summed E-state index contributed by atoms with van der Waals surface area (Å²) in [5.41, 5.74) is 2.62. The van der Waals surface area contributed by atoms with Crippen molar-refractivity contribution in [1.29, 1.82) is 0 Å². The lowest BCUT2D eigenvalue weighted by Gasteiger charge is -2.08. The van der Waals surface area contributed by atoms with Crippen molar-refractivity contribution in [3.63, 3.8) is 0 Å². The number of amides is 1. The number of aromatic nitrogens is 5. The molecule has 4 aromatic rings. The maximum absolute atomic E-state index is 12.7. The van der Waals surface area contributed by atoms with E-state index in [1.54, 1.807) is 4.68 Å². The SMILES string of the molecule is Nn1c(SCC(=O)Nc2cc(-c3ccccc3)nn2-c2ccccc2)nnc1C1CC1. The molecule has 156 valence electrons. The zero-order valence-electron chi connectivity index (χ0n) is 16.7. The minimum Gasteiger partial charge on any atom is -0.336 e. The van der Waals surface area contributed by atoms with Gasteiger partial charge in [-0.25, -0.2) is 9.36 Å². The molecule has 8 nitrogen and oxygen atoms in total. The number of nitrogen functional groups attached to an aromatic ring is 1. The average Bonchev–Trinajstić information content (AvgIpc) is 3.46. The molecule has 2 aromatic heterocycles. The molecular weight excluding hydrogens is 410 g/mol. The lowest BCUT2D eigenvalue weighted by atomic mass is 10.2. The van der Waals surface area contributed by atoms with Gasteiger partial charge in [-0.15, -0.1) is 10.2 Å². The normalized spacial score (nSPS) is 13.3. The minimum atomic E-state index is -0.169. The van der Waals surface area contributed by atoms with E-state index in [0.717, 1.165) is 35.6 Å². The van der Waals surface area contributed by atoms with Gasteiger partial charge in [0.25, 0.3) is 0 Å². The van der Waals surface area contributed by atoms with Gasteiger partial charge < -0.3 is 11.2 Å². The van der Waals surface area contributed by atoms with E-state index in [9.17, 15) is 4.79 Å². The lowest BCUT2D eigenvalue weighted by molar-refractivity contribution is -0.113. The number of nitrogens with zero attached hydrogens (tertiary/aromatic N) is 5. The molecule has 0 saturated heterocycles. The van der Waals surface area contributed by atoms with Crippen LogP contribution in [0.25, 0.3) is 16.9 Å². The van der Waals surface area contributed by atoms with Crippen LogP contribution < -0.4 is 11.2 Å². The topological polar surface area (TPSA) is 104 Å². The summed E-state index contributed by atoms with van der Waals surface area (Å²) in [4.78, 5) is 12.7. The molecule has 0 radical (unpaired) electrons. The number of rotatable bonds is 7. The fourth-order valence-electron chi connectivity index (χ4n) is 3.30. The van der Waals surface area contributed by atoms with Crippen LogP contribution in [0.1, 0.15) is 24.6 Å². The number of nitrogens with one attached hydrogen (secondary N) is 1. The molecule has 1 fully saturated rings. The molecule has 0 bridgehead atoms. The van der Waals surface area contributed by atoms with Crippen LogP contribution in [0.5, 0.6) is 0 Å². The van der Waals surface area contributed by atoms with E-state index >= 15 is 0 Å². The number of para-hydroxylation sites is 1. The second kappa shape index (κ2) is 8.27. The van der Waals surface area contributed by atoms with E-state index in [1.165, 1.54) is 16.4 Å². The predicted octanol–water partition coefficient (Wildman–Crippen LogP) is 3.45. The van der Waals surface area contributed by atoms with Gasteiger partial charge in [-0.2, -0.15) is 5.10 Å². The van der Waals surface area contributed by atoms with Gasteiger partial charge in [0.2, 0.25) is 11.1 Å². The Morgan fingerprint density at radius 3 is 2.48 bits per heavy atom. The van der Waals surface area contributed by atoms with Crippen molar-refractivity contribution in [3.8, 4) is 16.9 Å². The van der Waals surface area contributed by atoms with Gasteiger partial charge in [-0.1, -0.05) is 60.3 Å². The first kappa shape index (κ1) is 19.4. The lowest BCUT2D eigenvalue weighted by Crippen LogP contribution is -2.18.